The van der Waals surface area contributed by atoms with Crippen molar-refractivity contribution in [2.45, 2.75) is 31.0 Å². The normalized spacial score (nSPS) is 28.6. The first-order chi connectivity index (χ1) is 7.58. The van der Waals surface area contributed by atoms with Gasteiger partial charge >= 0.3 is 0 Å². The molecule has 0 saturated carbocycles. The topological polar surface area (TPSA) is 40.5 Å². The molecule has 1 aliphatic carbocycles. The molecule has 0 spiro atoms. The molecule has 0 aliphatic heterocycles. The molecule has 0 aromatic heterocycles. The number of benzene rings is 1. The summed E-state index contributed by atoms with van der Waals surface area (Å²) >= 11 is 3.42. The van der Waals surface area contributed by atoms with Crippen LogP contribution in [0.15, 0.2) is 35.3 Å². The molecule has 2 rings (SSSR count). The summed E-state index contributed by atoms with van der Waals surface area (Å²) in [6.45, 7) is 3.64. The highest BCUT2D eigenvalue weighted by Crippen LogP contribution is 2.39. The molecule has 3 heteroatoms. The fraction of sp³-hybridized carbons (Fsp3) is 0.385. The summed E-state index contributed by atoms with van der Waals surface area (Å²) in [5, 5.41) is 20.5. The lowest BCUT2D eigenvalue weighted by Crippen LogP contribution is -2.43. The Bertz CT molecular complexity index is 416. The fourth-order valence-corrected chi connectivity index (χ4v) is 2.78. The highest BCUT2D eigenvalue weighted by atomic mass is 79.9. The summed E-state index contributed by atoms with van der Waals surface area (Å²) < 4.78 is 1.00. The molecule has 0 bridgehead atoms. The van der Waals surface area contributed by atoms with Crippen LogP contribution in [0.3, 0.4) is 0 Å². The van der Waals surface area contributed by atoms with Crippen molar-refractivity contribution in [3.63, 3.8) is 0 Å². The molecular weight excluding hydrogens is 268 g/mol. The van der Waals surface area contributed by atoms with Crippen LogP contribution in [0.4, 0.5) is 0 Å². The smallest absolute Gasteiger partial charge is 0.119 e. The number of rotatable bonds is 2. The van der Waals surface area contributed by atoms with Crippen molar-refractivity contribution in [3.05, 3.63) is 46.5 Å². The predicted octanol–water partition coefficient (Wildman–Crippen LogP) is 2.52. The second-order valence-electron chi connectivity index (χ2n) is 4.27. The number of aliphatic hydroxyl groups is 2. The Kier molecular flexibility index (Phi) is 3.19. The Labute approximate surface area is 104 Å². The van der Waals surface area contributed by atoms with E-state index in [0.29, 0.717) is 12.8 Å². The van der Waals surface area contributed by atoms with Gasteiger partial charge in [0.25, 0.3) is 0 Å². The lowest BCUT2D eigenvalue weighted by molar-refractivity contribution is -0.0880. The van der Waals surface area contributed by atoms with Crippen molar-refractivity contribution >= 4 is 15.9 Å². The lowest BCUT2D eigenvalue weighted by atomic mass is 9.75. The van der Waals surface area contributed by atoms with Crippen LogP contribution in [-0.2, 0) is 12.0 Å². The van der Waals surface area contributed by atoms with Gasteiger partial charge in [-0.25, -0.2) is 0 Å². The average Bonchev–Trinajstić information content (AvgIpc) is 2.24. The van der Waals surface area contributed by atoms with Crippen molar-refractivity contribution in [2.24, 2.45) is 0 Å². The second-order valence-corrected chi connectivity index (χ2v) is 5.19. The highest BCUT2D eigenvalue weighted by Gasteiger charge is 2.40. The molecule has 0 saturated heterocycles. The minimum Gasteiger partial charge on any atom is -0.390 e. The van der Waals surface area contributed by atoms with Crippen molar-refractivity contribution in [2.75, 3.05) is 0 Å². The van der Waals surface area contributed by atoms with Crippen LogP contribution < -0.4 is 0 Å². The average molecular weight is 283 g/mol. The van der Waals surface area contributed by atoms with Crippen LogP contribution in [0.5, 0.6) is 0 Å². The molecule has 2 N–H and O–H groups in total. The van der Waals surface area contributed by atoms with Gasteiger partial charge in [0.05, 0.1) is 6.10 Å². The first-order valence-corrected chi connectivity index (χ1v) is 6.17. The number of hydrogen-bond donors (Lipinski definition) is 2. The highest BCUT2D eigenvalue weighted by molar-refractivity contribution is 9.10. The van der Waals surface area contributed by atoms with E-state index in [1.165, 1.54) is 0 Å². The Morgan fingerprint density at radius 2 is 2.31 bits per heavy atom. The molecule has 0 amide bonds. The zero-order valence-electron chi connectivity index (χ0n) is 8.99. The number of aliphatic hydroxyl groups excluding tert-OH is 1. The lowest BCUT2D eigenvalue weighted by Gasteiger charge is -2.38. The summed E-state index contributed by atoms with van der Waals surface area (Å²) in [4.78, 5) is 0. The molecule has 0 unspecified atom stereocenters. The molecule has 1 aliphatic rings. The maximum absolute atomic E-state index is 10.5. The van der Waals surface area contributed by atoms with Crippen LogP contribution in [0.1, 0.15) is 24.0 Å². The second kappa shape index (κ2) is 4.32. The number of halogens is 1. The van der Waals surface area contributed by atoms with E-state index in [1.54, 1.807) is 6.08 Å². The van der Waals surface area contributed by atoms with Gasteiger partial charge in [-0.05, 0) is 36.1 Å². The van der Waals surface area contributed by atoms with Crippen LogP contribution in [-0.4, -0.2) is 16.3 Å². The van der Waals surface area contributed by atoms with Crippen molar-refractivity contribution in [3.8, 4) is 0 Å². The Hall–Kier alpha value is -0.640. The van der Waals surface area contributed by atoms with E-state index in [0.717, 1.165) is 22.0 Å². The molecule has 2 nitrogen and oxygen atoms in total. The predicted molar refractivity (Wildman–Crippen MR) is 67.2 cm³/mol. The Balaban J connectivity index is 2.51. The van der Waals surface area contributed by atoms with E-state index in [-0.39, 0.29) is 0 Å². The monoisotopic (exact) mass is 282 g/mol. The maximum atomic E-state index is 10.5. The minimum atomic E-state index is -1.17. The van der Waals surface area contributed by atoms with Gasteiger partial charge in [0, 0.05) is 10.9 Å². The Morgan fingerprint density at radius 3 is 3.00 bits per heavy atom. The van der Waals surface area contributed by atoms with Gasteiger partial charge in [0.15, 0.2) is 0 Å². The molecule has 1 aromatic carbocycles. The molecule has 0 fully saturated rings. The molecule has 1 aromatic rings. The van der Waals surface area contributed by atoms with E-state index >= 15 is 0 Å². The van der Waals surface area contributed by atoms with E-state index in [9.17, 15) is 10.2 Å². The van der Waals surface area contributed by atoms with Gasteiger partial charge in [-0.1, -0.05) is 28.1 Å². The molecule has 0 heterocycles. The maximum Gasteiger partial charge on any atom is 0.119 e. The van der Waals surface area contributed by atoms with E-state index < -0.39 is 11.7 Å². The van der Waals surface area contributed by atoms with Crippen molar-refractivity contribution in [1.29, 1.82) is 0 Å². The zero-order valence-corrected chi connectivity index (χ0v) is 10.6. The summed E-state index contributed by atoms with van der Waals surface area (Å²) in [5.41, 5.74) is 0.758. The summed E-state index contributed by atoms with van der Waals surface area (Å²) in [5.74, 6) is 0. The van der Waals surface area contributed by atoms with E-state index in [2.05, 4.69) is 22.5 Å². The third-order valence-electron chi connectivity index (χ3n) is 3.23. The van der Waals surface area contributed by atoms with E-state index in [4.69, 9.17) is 0 Å². The summed E-state index contributed by atoms with van der Waals surface area (Å²) in [6, 6.07) is 5.78. The van der Waals surface area contributed by atoms with Crippen LogP contribution in [0.2, 0.25) is 0 Å². The van der Waals surface area contributed by atoms with Crippen LogP contribution in [0.25, 0.3) is 0 Å². The zero-order chi connectivity index (χ0) is 11.8. The first kappa shape index (κ1) is 11.8. The van der Waals surface area contributed by atoms with Gasteiger partial charge in [-0.2, -0.15) is 0 Å². The fourth-order valence-electron chi connectivity index (χ4n) is 2.37. The van der Waals surface area contributed by atoms with Gasteiger partial charge in [0.2, 0.25) is 0 Å². The van der Waals surface area contributed by atoms with Crippen molar-refractivity contribution < 1.29 is 10.2 Å². The van der Waals surface area contributed by atoms with Gasteiger partial charge < -0.3 is 10.2 Å². The standard InChI is InChI=1S/C13H15BrO2/c1-2-7-13(16)11-5-4-10(14)8-9(11)3-6-12(13)15/h2,4-5,8,12,15-16H,1,3,6-7H2/t12-,13+/m1/s1. The molecule has 16 heavy (non-hydrogen) atoms. The largest absolute Gasteiger partial charge is 0.390 e. The van der Waals surface area contributed by atoms with Crippen molar-refractivity contribution in [1.82, 2.24) is 0 Å². The molecular formula is C13H15BrO2. The number of hydrogen-bond acceptors (Lipinski definition) is 2. The van der Waals surface area contributed by atoms with Gasteiger partial charge in [0.1, 0.15) is 5.60 Å². The summed E-state index contributed by atoms with van der Waals surface area (Å²) in [7, 11) is 0. The SMILES string of the molecule is C=CC[C@]1(O)c2ccc(Br)cc2CC[C@H]1O. The third-order valence-corrected chi connectivity index (χ3v) is 3.72. The molecule has 86 valence electrons. The van der Waals surface area contributed by atoms with Crippen LogP contribution in [0, 0.1) is 0 Å². The minimum absolute atomic E-state index is 0.378. The number of fused-ring (bicyclic) bond motifs is 1. The quantitative estimate of drug-likeness (QED) is 0.819. The van der Waals surface area contributed by atoms with E-state index in [1.807, 2.05) is 18.2 Å². The Morgan fingerprint density at radius 1 is 1.56 bits per heavy atom. The first-order valence-electron chi connectivity index (χ1n) is 5.38. The third kappa shape index (κ3) is 1.83. The number of aryl methyl sites for hydroxylation is 1. The van der Waals surface area contributed by atoms with Gasteiger partial charge in [-0.15, -0.1) is 6.58 Å². The van der Waals surface area contributed by atoms with Crippen LogP contribution >= 0.6 is 15.9 Å². The molecule has 0 radical (unpaired) electrons. The summed E-state index contributed by atoms with van der Waals surface area (Å²) in [6.07, 6.45) is 2.71. The van der Waals surface area contributed by atoms with Gasteiger partial charge in [-0.3, -0.25) is 0 Å². The molecule has 2 atom stereocenters.